The average Bonchev–Trinajstić information content (AvgIpc) is 2.05. The molecule has 0 aromatic rings. The molecule has 1 fully saturated rings. The minimum atomic E-state index is -2.77. The molecule has 0 aromatic heterocycles. The third kappa shape index (κ3) is 1.33. The fraction of sp³-hybridized carbons (Fsp3) is 1.00. The normalized spacial score (nSPS) is 35.0. The molecule has 1 heterocycles. The van der Waals surface area contributed by atoms with E-state index in [0.717, 1.165) is 0 Å². The van der Waals surface area contributed by atoms with Crippen molar-refractivity contribution in [2.75, 3.05) is 19.7 Å². The number of halogens is 2. The molecule has 4 heteroatoms. The number of alkyl halides is 2. The molecule has 1 saturated heterocycles. The maximum Gasteiger partial charge on any atom is 0.268 e. The molecular weight excluding hydrogens is 164 g/mol. The van der Waals surface area contributed by atoms with Gasteiger partial charge >= 0.3 is 0 Å². The Kier molecular flexibility index (Phi) is 2.68. The Labute approximate surface area is 71.0 Å². The number of nitrogens with one attached hydrogen (secondary N) is 1. The van der Waals surface area contributed by atoms with Gasteiger partial charge in [-0.05, 0) is 19.4 Å². The number of hydrogen-bond donors (Lipinski definition) is 2. The van der Waals surface area contributed by atoms with Crippen LogP contribution in [0.5, 0.6) is 0 Å². The minimum absolute atomic E-state index is 0.304. The molecule has 2 N–H and O–H groups in total. The van der Waals surface area contributed by atoms with Crippen LogP contribution in [0, 0.1) is 5.41 Å². The third-order valence-corrected chi connectivity index (χ3v) is 2.88. The van der Waals surface area contributed by atoms with E-state index in [0.29, 0.717) is 19.4 Å². The summed E-state index contributed by atoms with van der Waals surface area (Å²) < 4.78 is 26.6. The number of piperidine rings is 1. The summed E-state index contributed by atoms with van der Waals surface area (Å²) in [5.74, 6) is -2.77. The Balaban J connectivity index is 2.81. The van der Waals surface area contributed by atoms with Crippen LogP contribution < -0.4 is 5.32 Å². The van der Waals surface area contributed by atoms with Crippen molar-refractivity contribution in [1.29, 1.82) is 0 Å². The van der Waals surface area contributed by atoms with Gasteiger partial charge in [-0.15, -0.1) is 0 Å². The number of hydrogen-bond acceptors (Lipinski definition) is 2. The van der Waals surface area contributed by atoms with Crippen molar-refractivity contribution >= 4 is 0 Å². The molecule has 0 bridgehead atoms. The van der Waals surface area contributed by atoms with Crippen molar-refractivity contribution in [2.45, 2.75) is 25.7 Å². The molecule has 12 heavy (non-hydrogen) atoms. The summed E-state index contributed by atoms with van der Waals surface area (Å²) in [4.78, 5) is 0. The molecule has 2 nitrogen and oxygen atoms in total. The SMILES string of the molecule is CCC1(CO)CCNCC1(F)F. The highest BCUT2D eigenvalue weighted by Crippen LogP contribution is 2.43. The molecule has 0 spiro atoms. The molecule has 1 rings (SSSR count). The van der Waals surface area contributed by atoms with E-state index in [9.17, 15) is 8.78 Å². The fourth-order valence-electron chi connectivity index (χ4n) is 1.69. The van der Waals surface area contributed by atoms with E-state index in [1.807, 2.05) is 0 Å². The summed E-state index contributed by atoms with van der Waals surface area (Å²) in [5.41, 5.74) is -1.18. The maximum atomic E-state index is 13.3. The molecule has 72 valence electrons. The van der Waals surface area contributed by atoms with Crippen LogP contribution in [0.25, 0.3) is 0 Å². The van der Waals surface area contributed by atoms with Gasteiger partial charge in [-0.2, -0.15) is 0 Å². The average molecular weight is 179 g/mol. The van der Waals surface area contributed by atoms with Gasteiger partial charge in [0, 0.05) is 0 Å². The first-order valence-electron chi connectivity index (χ1n) is 4.27. The monoisotopic (exact) mass is 179 g/mol. The van der Waals surface area contributed by atoms with E-state index < -0.39 is 17.9 Å². The Hall–Kier alpha value is -0.220. The van der Waals surface area contributed by atoms with Crippen LogP contribution in [-0.4, -0.2) is 30.7 Å². The van der Waals surface area contributed by atoms with Gasteiger partial charge in [-0.1, -0.05) is 6.92 Å². The van der Waals surface area contributed by atoms with Crippen molar-refractivity contribution < 1.29 is 13.9 Å². The second-order valence-electron chi connectivity index (χ2n) is 3.42. The predicted octanol–water partition coefficient (Wildman–Crippen LogP) is 1.00. The first kappa shape index (κ1) is 9.86. The zero-order valence-corrected chi connectivity index (χ0v) is 7.24. The predicted molar refractivity (Wildman–Crippen MR) is 42.2 cm³/mol. The topological polar surface area (TPSA) is 32.3 Å². The lowest BCUT2D eigenvalue weighted by molar-refractivity contribution is -0.159. The molecule has 0 radical (unpaired) electrons. The van der Waals surface area contributed by atoms with Gasteiger partial charge in [0.2, 0.25) is 0 Å². The van der Waals surface area contributed by atoms with Crippen molar-refractivity contribution in [1.82, 2.24) is 5.32 Å². The van der Waals surface area contributed by atoms with E-state index in [-0.39, 0.29) is 6.54 Å². The van der Waals surface area contributed by atoms with Crippen molar-refractivity contribution in [2.24, 2.45) is 5.41 Å². The van der Waals surface area contributed by atoms with Gasteiger partial charge in [0.05, 0.1) is 18.6 Å². The molecule has 0 aromatic carbocycles. The van der Waals surface area contributed by atoms with E-state index >= 15 is 0 Å². The van der Waals surface area contributed by atoms with Gasteiger partial charge in [0.25, 0.3) is 5.92 Å². The van der Waals surface area contributed by atoms with Crippen LogP contribution in [0.3, 0.4) is 0 Å². The van der Waals surface area contributed by atoms with Gasteiger partial charge in [-0.3, -0.25) is 0 Å². The van der Waals surface area contributed by atoms with Crippen LogP contribution in [0.4, 0.5) is 8.78 Å². The molecular formula is C8H15F2NO. The Bertz CT molecular complexity index is 157. The molecule has 1 atom stereocenters. The van der Waals surface area contributed by atoms with Gasteiger partial charge in [0.1, 0.15) is 0 Å². The van der Waals surface area contributed by atoms with E-state index in [2.05, 4.69) is 5.32 Å². The molecule has 0 saturated carbocycles. The highest BCUT2D eigenvalue weighted by molar-refractivity contribution is 4.96. The van der Waals surface area contributed by atoms with Crippen molar-refractivity contribution in [3.05, 3.63) is 0 Å². The van der Waals surface area contributed by atoms with Crippen LogP contribution >= 0.6 is 0 Å². The van der Waals surface area contributed by atoms with Gasteiger partial charge < -0.3 is 10.4 Å². The second-order valence-corrected chi connectivity index (χ2v) is 3.42. The van der Waals surface area contributed by atoms with Crippen molar-refractivity contribution in [3.8, 4) is 0 Å². The van der Waals surface area contributed by atoms with Gasteiger partial charge in [0.15, 0.2) is 0 Å². The summed E-state index contributed by atoms with van der Waals surface area (Å²) in [6.45, 7) is 1.55. The fourth-order valence-corrected chi connectivity index (χ4v) is 1.69. The highest BCUT2D eigenvalue weighted by Gasteiger charge is 2.53. The maximum absolute atomic E-state index is 13.3. The second kappa shape index (κ2) is 3.26. The number of aliphatic hydroxyl groups excluding tert-OH is 1. The zero-order valence-electron chi connectivity index (χ0n) is 7.24. The van der Waals surface area contributed by atoms with Crippen molar-refractivity contribution in [3.63, 3.8) is 0 Å². The summed E-state index contributed by atoms with van der Waals surface area (Å²) in [5, 5.41) is 11.6. The summed E-state index contributed by atoms with van der Waals surface area (Å²) in [6.07, 6.45) is 0.686. The first-order chi connectivity index (χ1) is 5.58. The summed E-state index contributed by atoms with van der Waals surface area (Å²) in [6, 6.07) is 0. The van der Waals surface area contributed by atoms with Crippen LogP contribution in [0.15, 0.2) is 0 Å². The molecule has 1 aliphatic rings. The van der Waals surface area contributed by atoms with Crippen LogP contribution in [0.2, 0.25) is 0 Å². The Morgan fingerprint density at radius 2 is 2.17 bits per heavy atom. The lowest BCUT2D eigenvalue weighted by Gasteiger charge is -2.42. The zero-order chi connectivity index (χ0) is 9.24. The molecule has 1 unspecified atom stereocenters. The number of aliphatic hydroxyl groups is 1. The standard InChI is InChI=1S/C8H15F2NO/c1-2-7(6-12)3-4-11-5-8(7,9)10/h11-12H,2-6H2,1H3. The van der Waals surface area contributed by atoms with Crippen LogP contribution in [0.1, 0.15) is 19.8 Å². The lowest BCUT2D eigenvalue weighted by Crippen LogP contribution is -2.55. The molecule has 1 aliphatic heterocycles. The Morgan fingerprint density at radius 3 is 2.50 bits per heavy atom. The van der Waals surface area contributed by atoms with E-state index in [1.165, 1.54) is 0 Å². The Morgan fingerprint density at radius 1 is 1.50 bits per heavy atom. The first-order valence-corrected chi connectivity index (χ1v) is 4.27. The van der Waals surface area contributed by atoms with E-state index in [4.69, 9.17) is 5.11 Å². The summed E-state index contributed by atoms with van der Waals surface area (Å²) in [7, 11) is 0. The van der Waals surface area contributed by atoms with E-state index in [1.54, 1.807) is 6.92 Å². The molecule has 0 amide bonds. The number of rotatable bonds is 2. The smallest absolute Gasteiger partial charge is 0.268 e. The minimum Gasteiger partial charge on any atom is -0.396 e. The summed E-state index contributed by atoms with van der Waals surface area (Å²) >= 11 is 0. The van der Waals surface area contributed by atoms with Gasteiger partial charge in [-0.25, -0.2) is 8.78 Å². The quantitative estimate of drug-likeness (QED) is 0.663. The highest BCUT2D eigenvalue weighted by atomic mass is 19.3. The van der Waals surface area contributed by atoms with Crippen LogP contribution in [-0.2, 0) is 0 Å². The molecule has 0 aliphatic carbocycles. The lowest BCUT2D eigenvalue weighted by atomic mass is 9.74. The third-order valence-electron chi connectivity index (χ3n) is 2.88. The largest absolute Gasteiger partial charge is 0.396 e.